The summed E-state index contributed by atoms with van der Waals surface area (Å²) in [5, 5.41) is 26.9. The van der Waals surface area contributed by atoms with E-state index >= 15 is 0 Å². The zero-order valence-corrected chi connectivity index (χ0v) is 7.30. The fourth-order valence-electron chi connectivity index (χ4n) is 1.03. The molecule has 0 aliphatic rings. The van der Waals surface area contributed by atoms with E-state index in [0.717, 1.165) is 0 Å². The van der Waals surface area contributed by atoms with Crippen molar-refractivity contribution < 1.29 is 24.9 Å². The van der Waals surface area contributed by atoms with Crippen molar-refractivity contribution in [1.29, 1.82) is 0 Å². The third-order valence-corrected chi connectivity index (χ3v) is 1.70. The van der Waals surface area contributed by atoms with Gasteiger partial charge in [-0.3, -0.25) is 9.59 Å². The number of carbonyl (C=O) groups excluding carboxylic acids is 1. The number of rotatable bonds is 2. The van der Waals surface area contributed by atoms with E-state index in [2.05, 4.69) is 0 Å². The lowest BCUT2D eigenvalue weighted by Crippen LogP contribution is -2.02. The Balaban J connectivity index is 3.80. The van der Waals surface area contributed by atoms with Crippen LogP contribution < -0.4 is 5.43 Å². The molecule has 0 atom stereocenters. The van der Waals surface area contributed by atoms with E-state index in [-0.39, 0.29) is 6.29 Å². The summed E-state index contributed by atoms with van der Waals surface area (Å²) in [6.45, 7) is 0. The molecule has 6 heteroatoms. The smallest absolute Gasteiger partial charge is 0.340 e. The molecule has 0 heterocycles. The van der Waals surface area contributed by atoms with Gasteiger partial charge in [-0.05, 0) is 0 Å². The van der Waals surface area contributed by atoms with Gasteiger partial charge in [0.1, 0.15) is 11.3 Å². The molecule has 0 unspecified atom stereocenters. The van der Waals surface area contributed by atoms with Gasteiger partial charge in [0, 0.05) is 17.7 Å². The highest BCUT2D eigenvalue weighted by Crippen LogP contribution is 2.20. The second kappa shape index (κ2) is 3.79. The molecule has 0 aromatic heterocycles. The van der Waals surface area contributed by atoms with E-state index in [1.165, 1.54) is 0 Å². The maximum absolute atomic E-state index is 11.0. The number of aromatic carboxylic acids is 1. The van der Waals surface area contributed by atoms with Gasteiger partial charge >= 0.3 is 5.97 Å². The average molecular weight is 210 g/mol. The highest BCUT2D eigenvalue weighted by molar-refractivity contribution is 5.99. The fourth-order valence-corrected chi connectivity index (χ4v) is 1.03. The van der Waals surface area contributed by atoms with Gasteiger partial charge in [0.05, 0.1) is 0 Å². The van der Waals surface area contributed by atoms with Crippen LogP contribution in [0.4, 0.5) is 0 Å². The number of aldehydes is 1. The van der Waals surface area contributed by atoms with Crippen LogP contribution in [-0.4, -0.2) is 27.6 Å². The molecular formula is C9H6O6. The van der Waals surface area contributed by atoms with Crippen LogP contribution in [-0.2, 0) is 0 Å². The number of aromatic hydroxyl groups is 2. The van der Waals surface area contributed by atoms with Crippen molar-refractivity contribution in [3.05, 3.63) is 33.5 Å². The molecule has 0 saturated carbocycles. The van der Waals surface area contributed by atoms with Gasteiger partial charge in [-0.15, -0.1) is 0 Å². The highest BCUT2D eigenvalue weighted by atomic mass is 16.4. The Hall–Kier alpha value is -2.37. The second-order valence-electron chi connectivity index (χ2n) is 2.68. The Labute approximate surface area is 83.0 Å². The molecular weight excluding hydrogens is 204 g/mol. The van der Waals surface area contributed by atoms with Gasteiger partial charge in [0.25, 0.3) is 0 Å². The minimum Gasteiger partial charge on any atom is -0.507 e. The lowest BCUT2D eigenvalue weighted by atomic mass is 10.1. The van der Waals surface area contributed by atoms with Gasteiger partial charge < -0.3 is 15.3 Å². The molecule has 3 N–H and O–H groups in total. The Morgan fingerprint density at radius 2 is 1.80 bits per heavy atom. The molecule has 0 saturated heterocycles. The average Bonchev–Trinajstić information content (AvgIpc) is 2.24. The summed E-state index contributed by atoms with van der Waals surface area (Å²) in [5.74, 6) is -3.24. The minimum atomic E-state index is -1.57. The molecule has 15 heavy (non-hydrogen) atoms. The van der Waals surface area contributed by atoms with Crippen LogP contribution in [0.3, 0.4) is 0 Å². The fraction of sp³-hybridized carbons (Fsp3) is 0. The number of hydrogen-bond donors (Lipinski definition) is 3. The molecule has 1 rings (SSSR count). The molecule has 0 aliphatic heterocycles. The van der Waals surface area contributed by atoms with E-state index in [1.807, 2.05) is 0 Å². The summed E-state index contributed by atoms with van der Waals surface area (Å²) >= 11 is 0. The van der Waals surface area contributed by atoms with Gasteiger partial charge in [0.2, 0.25) is 5.43 Å². The molecule has 1 aromatic rings. The molecule has 0 bridgehead atoms. The maximum Gasteiger partial charge on any atom is 0.340 e. The quantitative estimate of drug-likeness (QED) is 0.591. The predicted molar refractivity (Wildman–Crippen MR) is 48.4 cm³/mol. The molecule has 1 aromatic carbocycles. The third-order valence-electron chi connectivity index (χ3n) is 1.70. The molecule has 0 spiro atoms. The van der Waals surface area contributed by atoms with E-state index in [9.17, 15) is 19.5 Å². The summed E-state index contributed by atoms with van der Waals surface area (Å²) in [5.41, 5.74) is -2.16. The number of carboxylic acids is 1. The van der Waals surface area contributed by atoms with E-state index < -0.39 is 34.0 Å². The summed E-state index contributed by atoms with van der Waals surface area (Å²) in [7, 11) is 0. The molecule has 0 amide bonds. The zero-order valence-electron chi connectivity index (χ0n) is 7.30. The van der Waals surface area contributed by atoms with Crippen LogP contribution >= 0.6 is 0 Å². The zero-order chi connectivity index (χ0) is 11.6. The summed E-state index contributed by atoms with van der Waals surface area (Å²) < 4.78 is 0. The van der Waals surface area contributed by atoms with Gasteiger partial charge in [0.15, 0.2) is 12.0 Å². The first-order chi connectivity index (χ1) is 6.97. The monoisotopic (exact) mass is 210 g/mol. The predicted octanol–water partition coefficient (Wildman–Crippen LogP) is -0.0313. The molecule has 0 aliphatic carbocycles. The van der Waals surface area contributed by atoms with E-state index in [0.29, 0.717) is 12.1 Å². The Kier molecular flexibility index (Phi) is 2.70. The van der Waals surface area contributed by atoms with Gasteiger partial charge in [-0.1, -0.05) is 0 Å². The van der Waals surface area contributed by atoms with Crippen LogP contribution in [0.25, 0.3) is 0 Å². The first-order valence-electron chi connectivity index (χ1n) is 3.76. The maximum atomic E-state index is 11.0. The number of carbonyl (C=O) groups is 2. The van der Waals surface area contributed by atoms with Crippen molar-refractivity contribution in [3.8, 4) is 11.5 Å². The van der Waals surface area contributed by atoms with Crippen molar-refractivity contribution in [2.24, 2.45) is 0 Å². The van der Waals surface area contributed by atoms with Crippen molar-refractivity contribution in [1.82, 2.24) is 0 Å². The Morgan fingerprint density at radius 1 is 1.20 bits per heavy atom. The minimum absolute atomic E-state index is 0.115. The highest BCUT2D eigenvalue weighted by Gasteiger charge is 2.16. The lowest BCUT2D eigenvalue weighted by Gasteiger charge is -1.95. The van der Waals surface area contributed by atoms with Crippen molar-refractivity contribution >= 4 is 12.3 Å². The normalized spacial score (nSPS) is 9.60. The van der Waals surface area contributed by atoms with E-state index in [4.69, 9.17) is 10.2 Å². The SMILES string of the molecule is O=Cc1cc(=O)c(O)cc(O)c1C(=O)O. The second-order valence-corrected chi connectivity index (χ2v) is 2.68. The Morgan fingerprint density at radius 3 is 2.27 bits per heavy atom. The first-order valence-corrected chi connectivity index (χ1v) is 3.76. The van der Waals surface area contributed by atoms with Gasteiger partial charge in [-0.25, -0.2) is 4.79 Å². The first kappa shape index (κ1) is 10.7. The van der Waals surface area contributed by atoms with Crippen LogP contribution in [0.5, 0.6) is 11.5 Å². The molecule has 78 valence electrons. The van der Waals surface area contributed by atoms with Crippen molar-refractivity contribution in [3.63, 3.8) is 0 Å². The lowest BCUT2D eigenvalue weighted by molar-refractivity contribution is 0.0691. The number of carboxylic acid groups (broad SMARTS) is 1. The van der Waals surface area contributed by atoms with Crippen LogP contribution in [0.2, 0.25) is 0 Å². The number of hydrogen-bond acceptors (Lipinski definition) is 5. The summed E-state index contributed by atoms with van der Waals surface area (Å²) in [6.07, 6.45) is 0.115. The molecule has 6 nitrogen and oxygen atoms in total. The van der Waals surface area contributed by atoms with Crippen molar-refractivity contribution in [2.45, 2.75) is 0 Å². The Bertz CT molecular complexity index is 491. The summed E-state index contributed by atoms with van der Waals surface area (Å²) in [6, 6.07) is 1.23. The topological polar surface area (TPSA) is 112 Å². The van der Waals surface area contributed by atoms with E-state index in [1.54, 1.807) is 0 Å². The largest absolute Gasteiger partial charge is 0.507 e. The molecule has 0 radical (unpaired) electrons. The standard InChI is InChI=1S/C9H6O6/c10-3-4-1-5(11)6(12)2-7(13)8(4)9(14)15/h1-3,13H,(H,11,12)(H,14,15). The van der Waals surface area contributed by atoms with Crippen LogP contribution in [0.15, 0.2) is 16.9 Å². The third kappa shape index (κ3) is 1.93. The van der Waals surface area contributed by atoms with Crippen molar-refractivity contribution in [2.75, 3.05) is 0 Å². The molecule has 0 fully saturated rings. The van der Waals surface area contributed by atoms with Gasteiger partial charge in [-0.2, -0.15) is 0 Å². The van der Waals surface area contributed by atoms with Crippen LogP contribution in [0.1, 0.15) is 20.7 Å². The van der Waals surface area contributed by atoms with Crippen LogP contribution in [0, 0.1) is 0 Å². The summed E-state index contributed by atoms with van der Waals surface area (Å²) in [4.78, 5) is 32.2.